The highest BCUT2D eigenvalue weighted by Gasteiger charge is 2.02. The van der Waals surface area contributed by atoms with Gasteiger partial charge in [0, 0.05) is 14.2 Å². The van der Waals surface area contributed by atoms with Crippen LogP contribution in [0.15, 0.2) is 23.1 Å². The van der Waals surface area contributed by atoms with Gasteiger partial charge in [0.25, 0.3) is 0 Å². The number of anilines is 1. The quantitative estimate of drug-likeness (QED) is 0.504. The zero-order valence-electron chi connectivity index (χ0n) is 6.79. The van der Waals surface area contributed by atoms with E-state index < -0.39 is 0 Å². The standard InChI is InChI=1S/C8H9IN2OS/c9-5-1-2-7(6(10)3-5)13-4-8(11)12/h1-3H,4,10H2,(H2,11,12). The van der Waals surface area contributed by atoms with Crippen molar-refractivity contribution in [3.63, 3.8) is 0 Å². The Hall–Kier alpha value is -0.430. The van der Waals surface area contributed by atoms with Crippen molar-refractivity contribution in [1.29, 1.82) is 0 Å². The van der Waals surface area contributed by atoms with E-state index in [1.807, 2.05) is 18.2 Å². The van der Waals surface area contributed by atoms with E-state index in [0.29, 0.717) is 5.69 Å². The van der Waals surface area contributed by atoms with Crippen LogP contribution >= 0.6 is 34.4 Å². The number of carbonyl (C=O) groups is 1. The third-order valence-corrected chi connectivity index (χ3v) is 3.12. The van der Waals surface area contributed by atoms with Gasteiger partial charge in [0.15, 0.2) is 0 Å². The second-order valence-corrected chi connectivity index (χ2v) is 4.70. The first-order valence-electron chi connectivity index (χ1n) is 3.55. The van der Waals surface area contributed by atoms with E-state index in [0.717, 1.165) is 8.47 Å². The molecule has 0 saturated carbocycles. The molecule has 0 atom stereocenters. The molecule has 0 aromatic heterocycles. The second kappa shape index (κ2) is 4.71. The van der Waals surface area contributed by atoms with Gasteiger partial charge in [0.1, 0.15) is 0 Å². The van der Waals surface area contributed by atoms with Crippen molar-refractivity contribution >= 4 is 45.9 Å². The third-order valence-electron chi connectivity index (χ3n) is 1.34. The summed E-state index contributed by atoms with van der Waals surface area (Å²) >= 11 is 3.54. The van der Waals surface area contributed by atoms with Crippen molar-refractivity contribution < 1.29 is 4.79 Å². The number of primary amides is 1. The fraction of sp³-hybridized carbons (Fsp3) is 0.125. The molecule has 0 aliphatic rings. The van der Waals surface area contributed by atoms with E-state index in [2.05, 4.69) is 22.6 Å². The molecule has 70 valence electrons. The Morgan fingerprint density at radius 1 is 1.54 bits per heavy atom. The Bertz CT molecular complexity index is 330. The van der Waals surface area contributed by atoms with Crippen LogP contribution in [0.2, 0.25) is 0 Å². The molecule has 1 aromatic carbocycles. The zero-order chi connectivity index (χ0) is 9.84. The molecular weight excluding hydrogens is 299 g/mol. The Morgan fingerprint density at radius 2 is 2.23 bits per heavy atom. The van der Waals surface area contributed by atoms with Crippen molar-refractivity contribution in [1.82, 2.24) is 0 Å². The van der Waals surface area contributed by atoms with E-state index in [-0.39, 0.29) is 11.7 Å². The first kappa shape index (κ1) is 10.6. The predicted molar refractivity (Wildman–Crippen MR) is 63.5 cm³/mol. The van der Waals surface area contributed by atoms with Gasteiger partial charge in [-0.1, -0.05) is 0 Å². The molecular formula is C8H9IN2OS. The first-order chi connectivity index (χ1) is 6.09. The fourth-order valence-corrected chi connectivity index (χ4v) is 2.00. The van der Waals surface area contributed by atoms with Crippen LogP contribution in [0.1, 0.15) is 0 Å². The highest BCUT2D eigenvalue weighted by molar-refractivity contribution is 14.1. The topological polar surface area (TPSA) is 69.1 Å². The SMILES string of the molecule is NC(=O)CSc1ccc(I)cc1N. The number of carbonyl (C=O) groups excluding carboxylic acids is 1. The Kier molecular flexibility index (Phi) is 3.86. The molecule has 0 radical (unpaired) electrons. The van der Waals surface area contributed by atoms with Gasteiger partial charge in [-0.3, -0.25) is 4.79 Å². The molecule has 1 aromatic rings. The maximum atomic E-state index is 10.5. The summed E-state index contributed by atoms with van der Waals surface area (Å²) in [6.07, 6.45) is 0. The molecule has 0 spiro atoms. The smallest absolute Gasteiger partial charge is 0.227 e. The molecule has 3 nitrogen and oxygen atoms in total. The van der Waals surface area contributed by atoms with Gasteiger partial charge in [-0.2, -0.15) is 0 Å². The van der Waals surface area contributed by atoms with E-state index >= 15 is 0 Å². The summed E-state index contributed by atoms with van der Waals surface area (Å²) in [7, 11) is 0. The number of rotatable bonds is 3. The largest absolute Gasteiger partial charge is 0.398 e. The minimum Gasteiger partial charge on any atom is -0.398 e. The lowest BCUT2D eigenvalue weighted by atomic mass is 10.3. The summed E-state index contributed by atoms with van der Waals surface area (Å²) in [6, 6.07) is 5.70. The first-order valence-corrected chi connectivity index (χ1v) is 5.62. The summed E-state index contributed by atoms with van der Waals surface area (Å²) < 4.78 is 1.08. The Labute approximate surface area is 94.4 Å². The molecule has 0 fully saturated rings. The number of nitrogen functional groups attached to an aromatic ring is 1. The van der Waals surface area contributed by atoms with Gasteiger partial charge in [-0.25, -0.2) is 0 Å². The Morgan fingerprint density at radius 3 is 2.77 bits per heavy atom. The van der Waals surface area contributed by atoms with Crippen LogP contribution in [-0.2, 0) is 4.79 Å². The van der Waals surface area contributed by atoms with Crippen LogP contribution in [-0.4, -0.2) is 11.7 Å². The lowest BCUT2D eigenvalue weighted by molar-refractivity contribution is -0.115. The molecule has 1 rings (SSSR count). The lowest BCUT2D eigenvalue weighted by Gasteiger charge is -2.03. The maximum Gasteiger partial charge on any atom is 0.227 e. The summed E-state index contributed by atoms with van der Waals surface area (Å²) in [5.74, 6) is -0.0620. The molecule has 0 heterocycles. The predicted octanol–water partition coefficient (Wildman–Crippen LogP) is 1.45. The highest BCUT2D eigenvalue weighted by Crippen LogP contribution is 2.25. The minimum atomic E-state index is -0.331. The minimum absolute atomic E-state index is 0.269. The summed E-state index contributed by atoms with van der Waals surface area (Å²) in [6.45, 7) is 0. The number of hydrogen-bond donors (Lipinski definition) is 2. The number of benzene rings is 1. The molecule has 0 bridgehead atoms. The molecule has 0 aliphatic heterocycles. The van der Waals surface area contributed by atoms with Crippen LogP contribution in [0.3, 0.4) is 0 Å². The van der Waals surface area contributed by atoms with Crippen molar-refractivity contribution in [2.24, 2.45) is 5.73 Å². The molecule has 0 saturated heterocycles. The van der Waals surface area contributed by atoms with Crippen molar-refractivity contribution in [2.45, 2.75) is 4.90 Å². The maximum absolute atomic E-state index is 10.5. The second-order valence-electron chi connectivity index (χ2n) is 2.44. The zero-order valence-corrected chi connectivity index (χ0v) is 9.76. The average molecular weight is 308 g/mol. The summed E-state index contributed by atoms with van der Waals surface area (Å²) in [4.78, 5) is 11.4. The number of amides is 1. The van der Waals surface area contributed by atoms with Gasteiger partial charge >= 0.3 is 0 Å². The van der Waals surface area contributed by atoms with E-state index in [9.17, 15) is 4.79 Å². The van der Waals surface area contributed by atoms with Crippen LogP contribution in [0.5, 0.6) is 0 Å². The van der Waals surface area contributed by atoms with Gasteiger partial charge < -0.3 is 11.5 Å². The highest BCUT2D eigenvalue weighted by atomic mass is 127. The number of nitrogens with two attached hydrogens (primary N) is 2. The van der Waals surface area contributed by atoms with Crippen LogP contribution in [0.4, 0.5) is 5.69 Å². The van der Waals surface area contributed by atoms with Crippen LogP contribution in [0, 0.1) is 3.57 Å². The molecule has 0 aliphatic carbocycles. The molecule has 5 heteroatoms. The third kappa shape index (κ3) is 3.43. The monoisotopic (exact) mass is 308 g/mol. The number of hydrogen-bond acceptors (Lipinski definition) is 3. The average Bonchev–Trinajstić information content (AvgIpc) is 2.02. The van der Waals surface area contributed by atoms with Gasteiger partial charge in [0.2, 0.25) is 5.91 Å². The number of halogens is 1. The van der Waals surface area contributed by atoms with E-state index in [1.165, 1.54) is 11.8 Å². The van der Waals surface area contributed by atoms with Gasteiger partial charge in [0.05, 0.1) is 5.75 Å². The summed E-state index contributed by atoms with van der Waals surface area (Å²) in [5, 5.41) is 0. The lowest BCUT2D eigenvalue weighted by Crippen LogP contribution is -2.13. The van der Waals surface area contributed by atoms with Gasteiger partial charge in [-0.15, -0.1) is 11.8 Å². The number of thioether (sulfide) groups is 1. The van der Waals surface area contributed by atoms with E-state index in [4.69, 9.17) is 11.5 Å². The van der Waals surface area contributed by atoms with Crippen LogP contribution < -0.4 is 11.5 Å². The molecule has 4 N–H and O–H groups in total. The van der Waals surface area contributed by atoms with Gasteiger partial charge in [-0.05, 0) is 40.8 Å². The normalized spacial score (nSPS) is 9.92. The van der Waals surface area contributed by atoms with E-state index in [1.54, 1.807) is 0 Å². The molecule has 0 unspecified atom stereocenters. The van der Waals surface area contributed by atoms with Crippen LogP contribution in [0.25, 0.3) is 0 Å². The van der Waals surface area contributed by atoms with Crippen molar-refractivity contribution in [3.8, 4) is 0 Å². The van der Waals surface area contributed by atoms with Crippen molar-refractivity contribution in [3.05, 3.63) is 21.8 Å². The fourth-order valence-electron chi connectivity index (χ4n) is 0.800. The van der Waals surface area contributed by atoms with Crippen molar-refractivity contribution in [2.75, 3.05) is 11.5 Å². The molecule has 13 heavy (non-hydrogen) atoms. The Balaban J connectivity index is 2.72. The summed E-state index contributed by atoms with van der Waals surface area (Å²) in [5.41, 5.74) is 11.4. The molecule has 1 amide bonds.